The summed E-state index contributed by atoms with van der Waals surface area (Å²) in [6.45, 7) is 1.74. The molecule has 0 unspecified atom stereocenters. The van der Waals surface area contributed by atoms with Gasteiger partial charge in [-0.2, -0.15) is 0 Å². The van der Waals surface area contributed by atoms with Gasteiger partial charge in [-0.05, 0) is 40.5 Å². The minimum absolute atomic E-state index is 0.00683. The summed E-state index contributed by atoms with van der Waals surface area (Å²) in [5, 5.41) is 0. The number of aryl methyl sites for hydroxylation is 1. The van der Waals surface area contributed by atoms with Crippen molar-refractivity contribution in [2.75, 3.05) is 5.73 Å². The van der Waals surface area contributed by atoms with Crippen molar-refractivity contribution in [1.29, 1.82) is 0 Å². The van der Waals surface area contributed by atoms with Crippen LogP contribution in [0.3, 0.4) is 0 Å². The second-order valence-corrected chi connectivity index (χ2v) is 6.49. The Morgan fingerprint density at radius 3 is 2.50 bits per heavy atom. The molecular weight excluding hydrogens is 316 g/mol. The number of halogens is 1. The van der Waals surface area contributed by atoms with Gasteiger partial charge in [-0.15, -0.1) is 0 Å². The SMILES string of the molecule is Cc1ccccc1S(=O)(=O)c1c(Br)ccnc1N. The van der Waals surface area contributed by atoms with Crippen molar-refractivity contribution in [1.82, 2.24) is 4.98 Å². The third-order valence-electron chi connectivity index (χ3n) is 2.54. The van der Waals surface area contributed by atoms with Crippen molar-refractivity contribution < 1.29 is 8.42 Å². The number of anilines is 1. The van der Waals surface area contributed by atoms with Crippen LogP contribution in [0.5, 0.6) is 0 Å². The van der Waals surface area contributed by atoms with Gasteiger partial charge in [0.25, 0.3) is 0 Å². The standard InChI is InChI=1S/C12H11BrN2O2S/c1-8-4-2-3-5-10(8)18(16,17)11-9(13)6-7-15-12(11)14/h2-7H,1H3,(H2,14,15). The maximum absolute atomic E-state index is 12.5. The average Bonchev–Trinajstić information content (AvgIpc) is 2.28. The van der Waals surface area contributed by atoms with E-state index in [0.717, 1.165) is 0 Å². The third-order valence-corrected chi connectivity index (χ3v) is 5.46. The molecule has 0 radical (unpaired) electrons. The molecule has 0 atom stereocenters. The lowest BCUT2D eigenvalue weighted by atomic mass is 10.2. The van der Waals surface area contributed by atoms with Gasteiger partial charge in [-0.1, -0.05) is 18.2 Å². The van der Waals surface area contributed by atoms with E-state index in [4.69, 9.17) is 5.73 Å². The minimum atomic E-state index is -3.67. The zero-order chi connectivity index (χ0) is 13.3. The summed E-state index contributed by atoms with van der Waals surface area (Å²) in [7, 11) is -3.67. The smallest absolute Gasteiger partial charge is 0.211 e. The summed E-state index contributed by atoms with van der Waals surface area (Å²) in [6.07, 6.45) is 1.45. The molecule has 18 heavy (non-hydrogen) atoms. The van der Waals surface area contributed by atoms with E-state index >= 15 is 0 Å². The van der Waals surface area contributed by atoms with Crippen LogP contribution in [0.25, 0.3) is 0 Å². The number of aromatic nitrogens is 1. The quantitative estimate of drug-likeness (QED) is 0.920. The van der Waals surface area contributed by atoms with E-state index in [0.29, 0.717) is 10.0 Å². The van der Waals surface area contributed by atoms with E-state index in [9.17, 15) is 8.42 Å². The topological polar surface area (TPSA) is 73.0 Å². The molecule has 0 saturated heterocycles. The van der Waals surface area contributed by atoms with Crippen molar-refractivity contribution in [2.24, 2.45) is 0 Å². The molecule has 0 amide bonds. The zero-order valence-corrected chi connectivity index (χ0v) is 12.0. The van der Waals surface area contributed by atoms with E-state index in [1.165, 1.54) is 6.20 Å². The van der Waals surface area contributed by atoms with Gasteiger partial charge < -0.3 is 5.73 Å². The Balaban J connectivity index is 2.75. The molecule has 1 aromatic heterocycles. The lowest BCUT2D eigenvalue weighted by Gasteiger charge is -2.10. The maximum Gasteiger partial charge on any atom is 0.211 e. The van der Waals surface area contributed by atoms with Crippen LogP contribution in [0, 0.1) is 6.92 Å². The van der Waals surface area contributed by atoms with Crippen molar-refractivity contribution in [3.8, 4) is 0 Å². The number of nitrogens with two attached hydrogens (primary N) is 1. The monoisotopic (exact) mass is 326 g/mol. The Morgan fingerprint density at radius 2 is 1.89 bits per heavy atom. The Hall–Kier alpha value is -1.40. The average molecular weight is 327 g/mol. The van der Waals surface area contributed by atoms with Gasteiger partial charge in [-0.25, -0.2) is 13.4 Å². The summed E-state index contributed by atoms with van der Waals surface area (Å²) < 4.78 is 25.5. The van der Waals surface area contributed by atoms with Gasteiger partial charge in [0.15, 0.2) is 0 Å². The fourth-order valence-electron chi connectivity index (χ4n) is 1.67. The molecule has 0 saturated carbocycles. The van der Waals surface area contributed by atoms with Crippen LogP contribution in [0.4, 0.5) is 5.82 Å². The molecule has 0 bridgehead atoms. The first-order chi connectivity index (χ1) is 8.44. The van der Waals surface area contributed by atoms with Crippen LogP contribution in [0.2, 0.25) is 0 Å². The Morgan fingerprint density at radius 1 is 1.22 bits per heavy atom. The number of hydrogen-bond acceptors (Lipinski definition) is 4. The van der Waals surface area contributed by atoms with E-state index in [1.807, 2.05) is 0 Å². The predicted octanol–water partition coefficient (Wildman–Crippen LogP) is 2.57. The number of rotatable bonds is 2. The number of sulfone groups is 1. The Bertz CT molecular complexity index is 679. The maximum atomic E-state index is 12.5. The fourth-order valence-corrected chi connectivity index (χ4v) is 4.26. The van der Waals surface area contributed by atoms with Crippen molar-refractivity contribution in [3.05, 3.63) is 46.6 Å². The highest BCUT2D eigenvalue weighted by Crippen LogP contribution is 2.32. The summed E-state index contributed by atoms with van der Waals surface area (Å²) in [6, 6.07) is 8.33. The molecule has 4 nitrogen and oxygen atoms in total. The Kier molecular flexibility index (Phi) is 3.41. The molecule has 0 aliphatic rings. The van der Waals surface area contributed by atoms with Crippen molar-refractivity contribution >= 4 is 31.6 Å². The zero-order valence-electron chi connectivity index (χ0n) is 9.59. The first kappa shape index (κ1) is 13.0. The van der Waals surface area contributed by atoms with Gasteiger partial charge in [0, 0.05) is 10.7 Å². The summed E-state index contributed by atoms with van der Waals surface area (Å²) in [5.41, 5.74) is 6.35. The predicted molar refractivity (Wildman–Crippen MR) is 73.0 cm³/mol. The third kappa shape index (κ3) is 2.13. The second kappa shape index (κ2) is 4.70. The minimum Gasteiger partial charge on any atom is -0.383 e. The molecule has 2 rings (SSSR count). The summed E-state index contributed by atoms with van der Waals surface area (Å²) in [4.78, 5) is 4.08. The first-order valence-electron chi connectivity index (χ1n) is 5.15. The van der Waals surface area contributed by atoms with Gasteiger partial charge in [0.2, 0.25) is 9.84 Å². The molecule has 6 heteroatoms. The lowest BCUT2D eigenvalue weighted by Crippen LogP contribution is -2.09. The normalized spacial score (nSPS) is 11.4. The van der Waals surface area contributed by atoms with Crippen molar-refractivity contribution in [3.63, 3.8) is 0 Å². The highest BCUT2D eigenvalue weighted by molar-refractivity contribution is 9.10. The van der Waals surface area contributed by atoms with E-state index < -0.39 is 9.84 Å². The van der Waals surface area contributed by atoms with Crippen LogP contribution in [-0.4, -0.2) is 13.4 Å². The molecule has 2 N–H and O–H groups in total. The van der Waals surface area contributed by atoms with Gasteiger partial charge in [0.05, 0.1) is 4.90 Å². The molecule has 0 aliphatic carbocycles. The number of benzene rings is 1. The highest BCUT2D eigenvalue weighted by Gasteiger charge is 2.25. The molecule has 1 heterocycles. The molecule has 0 spiro atoms. The first-order valence-corrected chi connectivity index (χ1v) is 7.43. The van der Waals surface area contributed by atoms with Gasteiger partial charge in [-0.3, -0.25) is 0 Å². The lowest BCUT2D eigenvalue weighted by molar-refractivity contribution is 0.595. The summed E-state index contributed by atoms with van der Waals surface area (Å²) in [5.74, 6) is -0.00683. The summed E-state index contributed by atoms with van der Waals surface area (Å²) >= 11 is 3.21. The van der Waals surface area contributed by atoms with Crippen LogP contribution >= 0.6 is 15.9 Å². The van der Waals surface area contributed by atoms with Crippen LogP contribution < -0.4 is 5.73 Å². The van der Waals surface area contributed by atoms with Crippen LogP contribution in [0.1, 0.15) is 5.56 Å². The van der Waals surface area contributed by atoms with E-state index in [1.54, 1.807) is 37.3 Å². The Labute approximate surface area is 114 Å². The van der Waals surface area contributed by atoms with E-state index in [-0.39, 0.29) is 15.6 Å². The van der Waals surface area contributed by atoms with Crippen molar-refractivity contribution in [2.45, 2.75) is 16.7 Å². The number of nitrogen functional groups attached to an aromatic ring is 1. The molecule has 0 aliphatic heterocycles. The van der Waals surface area contributed by atoms with Crippen LogP contribution in [-0.2, 0) is 9.84 Å². The molecule has 0 fully saturated rings. The van der Waals surface area contributed by atoms with E-state index in [2.05, 4.69) is 20.9 Å². The van der Waals surface area contributed by atoms with Crippen LogP contribution in [0.15, 0.2) is 50.8 Å². The highest BCUT2D eigenvalue weighted by atomic mass is 79.9. The molecular formula is C12H11BrN2O2S. The van der Waals surface area contributed by atoms with Gasteiger partial charge >= 0.3 is 0 Å². The molecule has 1 aromatic carbocycles. The number of pyridine rings is 1. The molecule has 94 valence electrons. The molecule has 2 aromatic rings. The largest absolute Gasteiger partial charge is 0.383 e. The number of nitrogens with zero attached hydrogens (tertiary/aromatic N) is 1. The fraction of sp³-hybridized carbons (Fsp3) is 0.0833. The van der Waals surface area contributed by atoms with Gasteiger partial charge in [0.1, 0.15) is 10.7 Å². The number of hydrogen-bond donors (Lipinski definition) is 1. The second-order valence-electron chi connectivity index (χ2n) is 3.78.